The van der Waals surface area contributed by atoms with Crippen LogP contribution in [0.3, 0.4) is 0 Å². The molecule has 0 aliphatic heterocycles. The highest BCUT2D eigenvalue weighted by Gasteiger charge is 2.27. The summed E-state index contributed by atoms with van der Waals surface area (Å²) in [5, 5.41) is 3.38. The summed E-state index contributed by atoms with van der Waals surface area (Å²) in [6.07, 6.45) is 0.219. The number of hydrogen-bond donors (Lipinski definition) is 1. The van der Waals surface area contributed by atoms with Gasteiger partial charge in [-0.1, -0.05) is 18.2 Å². The molecule has 0 radical (unpaired) electrons. The number of hydrogen-bond acceptors (Lipinski definition) is 1. The molecule has 1 aliphatic carbocycles. The topological polar surface area (TPSA) is 12.0 Å². The molecule has 1 aliphatic rings. The molecular weight excluding hydrogens is 208 g/mol. The van der Waals surface area contributed by atoms with E-state index in [9.17, 15) is 8.78 Å². The first-order chi connectivity index (χ1) is 7.66. The van der Waals surface area contributed by atoms with Gasteiger partial charge in [0.2, 0.25) is 0 Å². The van der Waals surface area contributed by atoms with Gasteiger partial charge in [0.1, 0.15) is 0 Å². The van der Waals surface area contributed by atoms with Crippen molar-refractivity contribution >= 4 is 0 Å². The van der Waals surface area contributed by atoms with Crippen LogP contribution in [0.15, 0.2) is 24.3 Å². The Bertz CT molecular complexity index is 348. The van der Waals surface area contributed by atoms with Gasteiger partial charge in [0, 0.05) is 18.2 Å². The molecule has 1 atom stereocenters. The highest BCUT2D eigenvalue weighted by molar-refractivity contribution is 5.24. The SMILES string of the molecule is CC(NCc1cccc(C(F)F)c1)C1CC1. The second-order valence-corrected chi connectivity index (χ2v) is 4.55. The molecule has 0 aromatic heterocycles. The summed E-state index contributed by atoms with van der Waals surface area (Å²) in [5.74, 6) is 0.790. The molecule has 2 rings (SSSR count). The first-order valence-corrected chi connectivity index (χ1v) is 5.77. The highest BCUT2D eigenvalue weighted by Crippen LogP contribution is 2.32. The molecule has 1 aromatic carbocycles. The Morgan fingerprint density at radius 3 is 2.75 bits per heavy atom. The molecule has 1 unspecified atom stereocenters. The van der Waals surface area contributed by atoms with E-state index in [2.05, 4.69) is 12.2 Å². The molecule has 1 nitrogen and oxygen atoms in total. The molecule has 1 aromatic rings. The molecule has 3 heteroatoms. The van der Waals surface area contributed by atoms with Gasteiger partial charge < -0.3 is 5.32 Å². The third kappa shape index (κ3) is 3.01. The van der Waals surface area contributed by atoms with Crippen LogP contribution in [0.5, 0.6) is 0 Å². The zero-order valence-corrected chi connectivity index (χ0v) is 9.42. The van der Waals surface area contributed by atoms with Crippen molar-refractivity contribution in [2.45, 2.75) is 38.8 Å². The Morgan fingerprint density at radius 1 is 1.38 bits per heavy atom. The molecule has 88 valence electrons. The summed E-state index contributed by atoms with van der Waals surface area (Å²) in [7, 11) is 0. The van der Waals surface area contributed by atoms with Crippen molar-refractivity contribution in [1.82, 2.24) is 5.32 Å². The molecule has 1 fully saturated rings. The third-order valence-corrected chi connectivity index (χ3v) is 3.16. The standard InChI is InChI=1S/C13H17F2N/c1-9(11-5-6-11)16-8-10-3-2-4-12(7-10)13(14)15/h2-4,7,9,11,13,16H,5-6,8H2,1H3. The fourth-order valence-electron chi connectivity index (χ4n) is 1.88. The number of benzene rings is 1. The van der Waals surface area contributed by atoms with Crippen molar-refractivity contribution in [3.05, 3.63) is 35.4 Å². The van der Waals surface area contributed by atoms with E-state index in [4.69, 9.17) is 0 Å². The van der Waals surface area contributed by atoms with Gasteiger partial charge in [-0.05, 0) is 37.3 Å². The monoisotopic (exact) mass is 225 g/mol. The van der Waals surface area contributed by atoms with E-state index in [0.717, 1.165) is 11.5 Å². The van der Waals surface area contributed by atoms with Gasteiger partial charge in [-0.15, -0.1) is 0 Å². The Kier molecular flexibility index (Phi) is 3.54. The molecule has 0 amide bonds. The summed E-state index contributed by atoms with van der Waals surface area (Å²) in [4.78, 5) is 0. The largest absolute Gasteiger partial charge is 0.310 e. The summed E-state index contributed by atoms with van der Waals surface area (Å²) in [6, 6.07) is 7.13. The molecule has 1 N–H and O–H groups in total. The normalized spacial score (nSPS) is 17.8. The number of nitrogens with one attached hydrogen (secondary N) is 1. The second kappa shape index (κ2) is 4.91. The maximum atomic E-state index is 12.5. The van der Waals surface area contributed by atoms with E-state index in [0.29, 0.717) is 12.6 Å². The lowest BCUT2D eigenvalue weighted by molar-refractivity contribution is 0.151. The minimum Gasteiger partial charge on any atom is -0.310 e. The molecule has 0 saturated heterocycles. The van der Waals surface area contributed by atoms with Gasteiger partial charge in [0.15, 0.2) is 0 Å². The highest BCUT2D eigenvalue weighted by atomic mass is 19.3. The van der Waals surface area contributed by atoms with Crippen molar-refractivity contribution in [2.75, 3.05) is 0 Å². The molecule has 16 heavy (non-hydrogen) atoms. The Morgan fingerprint density at radius 2 is 2.12 bits per heavy atom. The van der Waals surface area contributed by atoms with Gasteiger partial charge in [-0.3, -0.25) is 0 Å². The fourth-order valence-corrected chi connectivity index (χ4v) is 1.88. The third-order valence-electron chi connectivity index (χ3n) is 3.16. The number of alkyl halides is 2. The van der Waals surface area contributed by atoms with E-state index < -0.39 is 6.43 Å². The fraction of sp³-hybridized carbons (Fsp3) is 0.538. The predicted octanol–water partition coefficient (Wildman–Crippen LogP) is 3.51. The van der Waals surface area contributed by atoms with E-state index in [1.165, 1.54) is 18.9 Å². The Balaban J connectivity index is 1.90. The first kappa shape index (κ1) is 11.5. The van der Waals surface area contributed by atoms with Gasteiger partial charge in [0.05, 0.1) is 0 Å². The van der Waals surface area contributed by atoms with Crippen LogP contribution in [0.1, 0.15) is 37.3 Å². The lowest BCUT2D eigenvalue weighted by atomic mass is 10.1. The molecule has 0 heterocycles. The van der Waals surface area contributed by atoms with E-state index in [1.807, 2.05) is 6.07 Å². The van der Waals surface area contributed by atoms with Crippen LogP contribution in [0.2, 0.25) is 0 Å². The van der Waals surface area contributed by atoms with Gasteiger partial charge in [-0.2, -0.15) is 0 Å². The quantitative estimate of drug-likeness (QED) is 0.808. The average molecular weight is 225 g/mol. The smallest absolute Gasteiger partial charge is 0.263 e. The minimum atomic E-state index is -2.37. The van der Waals surface area contributed by atoms with E-state index in [1.54, 1.807) is 12.1 Å². The van der Waals surface area contributed by atoms with Crippen molar-refractivity contribution in [3.8, 4) is 0 Å². The first-order valence-electron chi connectivity index (χ1n) is 5.77. The van der Waals surface area contributed by atoms with E-state index >= 15 is 0 Å². The average Bonchev–Trinajstić information content (AvgIpc) is 3.10. The van der Waals surface area contributed by atoms with Crippen LogP contribution in [0.4, 0.5) is 8.78 Å². The predicted molar refractivity (Wildman–Crippen MR) is 60.4 cm³/mol. The van der Waals surface area contributed by atoms with Crippen molar-refractivity contribution in [2.24, 2.45) is 5.92 Å². The van der Waals surface area contributed by atoms with Crippen molar-refractivity contribution in [1.29, 1.82) is 0 Å². The summed E-state index contributed by atoms with van der Waals surface area (Å²) >= 11 is 0. The van der Waals surface area contributed by atoms with Crippen LogP contribution in [-0.2, 0) is 6.54 Å². The zero-order valence-electron chi connectivity index (χ0n) is 9.42. The molecule has 0 spiro atoms. The lowest BCUT2D eigenvalue weighted by Crippen LogP contribution is -2.27. The minimum absolute atomic E-state index is 0.110. The number of halogens is 2. The van der Waals surface area contributed by atoms with Gasteiger partial charge in [0.25, 0.3) is 6.43 Å². The summed E-state index contributed by atoms with van der Waals surface area (Å²) < 4.78 is 24.9. The lowest BCUT2D eigenvalue weighted by Gasteiger charge is -2.13. The Hall–Kier alpha value is -0.960. The maximum Gasteiger partial charge on any atom is 0.263 e. The van der Waals surface area contributed by atoms with Gasteiger partial charge >= 0.3 is 0 Å². The summed E-state index contributed by atoms with van der Waals surface area (Å²) in [5.41, 5.74) is 1.05. The number of rotatable bonds is 5. The summed E-state index contributed by atoms with van der Waals surface area (Å²) in [6.45, 7) is 2.84. The van der Waals surface area contributed by atoms with Crippen LogP contribution in [0, 0.1) is 5.92 Å². The Labute approximate surface area is 94.9 Å². The molecular formula is C13H17F2N. The maximum absolute atomic E-state index is 12.5. The van der Waals surface area contributed by atoms with Crippen molar-refractivity contribution in [3.63, 3.8) is 0 Å². The second-order valence-electron chi connectivity index (χ2n) is 4.55. The zero-order chi connectivity index (χ0) is 11.5. The molecule has 1 saturated carbocycles. The van der Waals surface area contributed by atoms with E-state index in [-0.39, 0.29) is 5.56 Å². The van der Waals surface area contributed by atoms with Gasteiger partial charge in [-0.25, -0.2) is 8.78 Å². The van der Waals surface area contributed by atoms with Crippen LogP contribution in [-0.4, -0.2) is 6.04 Å². The van der Waals surface area contributed by atoms with Crippen LogP contribution < -0.4 is 5.32 Å². The van der Waals surface area contributed by atoms with Crippen LogP contribution in [0.25, 0.3) is 0 Å². The molecule has 0 bridgehead atoms. The van der Waals surface area contributed by atoms with Crippen molar-refractivity contribution < 1.29 is 8.78 Å². The van der Waals surface area contributed by atoms with Crippen LogP contribution >= 0.6 is 0 Å².